The number of hydrogen-bond donors (Lipinski definition) is 1. The molecule has 0 aliphatic heterocycles. The third kappa shape index (κ3) is 2.86. The maximum absolute atomic E-state index is 11.1. The first-order valence-electron chi connectivity index (χ1n) is 5.05. The van der Waals surface area contributed by atoms with Crippen molar-refractivity contribution >= 4 is 23.4 Å². The third-order valence-corrected chi connectivity index (χ3v) is 3.18. The summed E-state index contributed by atoms with van der Waals surface area (Å²) in [5.41, 5.74) is -0.427. The Kier molecular flexibility index (Phi) is 3.71. The van der Waals surface area contributed by atoms with Crippen molar-refractivity contribution in [1.82, 2.24) is 9.97 Å². The van der Waals surface area contributed by atoms with Crippen LogP contribution in [0.1, 0.15) is 10.4 Å². The largest absolute Gasteiger partial charge is 0.478 e. The topological polar surface area (TPSA) is 106 Å². The highest BCUT2D eigenvalue weighted by Gasteiger charge is 2.22. The van der Waals surface area contributed by atoms with E-state index < -0.39 is 10.9 Å². The lowest BCUT2D eigenvalue weighted by molar-refractivity contribution is -0.387. The van der Waals surface area contributed by atoms with E-state index in [1.807, 2.05) is 0 Å². The molecule has 0 aliphatic rings. The number of nitrogens with zero attached hydrogens (tertiary/aromatic N) is 3. The molecule has 0 amide bonds. The fraction of sp³-hybridized carbons (Fsp3) is 0. The van der Waals surface area contributed by atoms with Gasteiger partial charge in [0.2, 0.25) is 0 Å². The van der Waals surface area contributed by atoms with Crippen LogP contribution in [0.15, 0.2) is 46.7 Å². The van der Waals surface area contributed by atoms with E-state index in [0.717, 1.165) is 11.8 Å². The fourth-order valence-electron chi connectivity index (χ4n) is 1.37. The van der Waals surface area contributed by atoms with Crippen molar-refractivity contribution in [3.05, 3.63) is 52.3 Å². The molecule has 0 aliphatic carbocycles. The van der Waals surface area contributed by atoms with Gasteiger partial charge in [0, 0.05) is 18.5 Å². The van der Waals surface area contributed by atoms with Crippen LogP contribution < -0.4 is 0 Å². The molecule has 96 valence electrons. The van der Waals surface area contributed by atoms with Crippen molar-refractivity contribution < 1.29 is 14.8 Å². The molecular weight excluding hydrogens is 270 g/mol. The zero-order valence-corrected chi connectivity index (χ0v) is 10.2. The predicted molar refractivity (Wildman–Crippen MR) is 66.2 cm³/mol. The van der Waals surface area contributed by atoms with Gasteiger partial charge in [-0.05, 0) is 23.9 Å². The van der Waals surface area contributed by atoms with Crippen molar-refractivity contribution in [2.24, 2.45) is 0 Å². The number of aromatic carboxylic acids is 1. The molecule has 0 saturated heterocycles. The first kappa shape index (κ1) is 13.0. The summed E-state index contributed by atoms with van der Waals surface area (Å²) in [6, 6.07) is 5.48. The van der Waals surface area contributed by atoms with Crippen molar-refractivity contribution in [2.45, 2.75) is 10.1 Å². The van der Waals surface area contributed by atoms with Crippen LogP contribution in [-0.2, 0) is 0 Å². The predicted octanol–water partition coefficient (Wildman–Crippen LogP) is 2.23. The Morgan fingerprint density at radius 1 is 1.26 bits per heavy atom. The van der Waals surface area contributed by atoms with Crippen LogP contribution in [0, 0.1) is 10.1 Å². The molecule has 0 saturated carbocycles. The fourth-order valence-corrected chi connectivity index (χ4v) is 2.30. The molecule has 0 unspecified atom stereocenters. The standard InChI is InChI=1S/C11H7N3O4S/c15-10(16)7-3-1-4-8(14(17)18)9(7)19-11-12-5-2-6-13-11/h1-6H,(H,15,16). The number of hydrogen-bond acceptors (Lipinski definition) is 6. The number of aromatic nitrogens is 2. The van der Waals surface area contributed by atoms with Gasteiger partial charge in [-0.2, -0.15) is 0 Å². The van der Waals surface area contributed by atoms with Gasteiger partial charge in [0.1, 0.15) is 4.90 Å². The van der Waals surface area contributed by atoms with Gasteiger partial charge in [0.15, 0.2) is 5.16 Å². The van der Waals surface area contributed by atoms with E-state index in [9.17, 15) is 14.9 Å². The number of rotatable bonds is 4. The van der Waals surface area contributed by atoms with Crippen molar-refractivity contribution in [2.75, 3.05) is 0 Å². The summed E-state index contributed by atoms with van der Waals surface area (Å²) in [5, 5.41) is 20.3. The minimum absolute atomic E-state index is 0.0196. The molecule has 1 aromatic carbocycles. The maximum Gasteiger partial charge on any atom is 0.337 e. The Morgan fingerprint density at radius 3 is 2.53 bits per heavy atom. The van der Waals surface area contributed by atoms with Gasteiger partial charge in [-0.25, -0.2) is 14.8 Å². The molecule has 19 heavy (non-hydrogen) atoms. The number of carboxylic acids is 1. The molecule has 0 spiro atoms. The zero-order valence-electron chi connectivity index (χ0n) is 9.39. The average Bonchev–Trinajstić information content (AvgIpc) is 2.39. The normalized spacial score (nSPS) is 10.1. The van der Waals surface area contributed by atoms with Crippen molar-refractivity contribution in [3.8, 4) is 0 Å². The Bertz CT molecular complexity index is 601. The number of nitro groups is 1. The first-order valence-corrected chi connectivity index (χ1v) is 5.87. The summed E-state index contributed by atoms with van der Waals surface area (Å²) < 4.78 is 0. The molecule has 0 atom stereocenters. The summed E-state index contributed by atoms with van der Waals surface area (Å²) in [4.78, 5) is 29.3. The van der Waals surface area contributed by atoms with Gasteiger partial charge in [-0.3, -0.25) is 10.1 Å². The van der Waals surface area contributed by atoms with Gasteiger partial charge in [-0.1, -0.05) is 6.07 Å². The Hall–Kier alpha value is -2.48. The molecule has 1 aromatic heterocycles. The summed E-state index contributed by atoms with van der Waals surface area (Å²) >= 11 is 0.853. The summed E-state index contributed by atoms with van der Waals surface area (Å²) in [6.07, 6.45) is 2.95. The van der Waals surface area contributed by atoms with Gasteiger partial charge >= 0.3 is 5.97 Å². The second kappa shape index (κ2) is 5.44. The third-order valence-electron chi connectivity index (χ3n) is 2.16. The molecule has 0 radical (unpaired) electrons. The smallest absolute Gasteiger partial charge is 0.337 e. The van der Waals surface area contributed by atoms with Crippen LogP contribution in [0.3, 0.4) is 0 Å². The molecule has 1 N–H and O–H groups in total. The van der Waals surface area contributed by atoms with Gasteiger partial charge < -0.3 is 5.11 Å². The van der Waals surface area contributed by atoms with Crippen LogP contribution in [0.25, 0.3) is 0 Å². The van der Waals surface area contributed by atoms with E-state index in [1.165, 1.54) is 30.6 Å². The van der Waals surface area contributed by atoms with Gasteiger partial charge in [0.25, 0.3) is 5.69 Å². The number of nitro benzene ring substituents is 1. The van der Waals surface area contributed by atoms with E-state index in [1.54, 1.807) is 6.07 Å². The van der Waals surface area contributed by atoms with Crippen LogP contribution >= 0.6 is 11.8 Å². The Morgan fingerprint density at radius 2 is 1.95 bits per heavy atom. The molecular formula is C11H7N3O4S. The maximum atomic E-state index is 11.1. The molecule has 2 rings (SSSR count). The summed E-state index contributed by atoms with van der Waals surface area (Å²) in [6.45, 7) is 0. The molecule has 8 heteroatoms. The lowest BCUT2D eigenvalue weighted by atomic mass is 10.2. The summed E-state index contributed by atoms with van der Waals surface area (Å²) in [5.74, 6) is -1.23. The summed E-state index contributed by atoms with van der Waals surface area (Å²) in [7, 11) is 0. The number of benzene rings is 1. The highest BCUT2D eigenvalue weighted by atomic mass is 32.2. The molecule has 7 nitrogen and oxygen atoms in total. The Balaban J connectivity index is 2.52. The van der Waals surface area contributed by atoms with Crippen molar-refractivity contribution in [3.63, 3.8) is 0 Å². The Labute approximate surface area is 111 Å². The molecule has 0 bridgehead atoms. The molecule has 0 fully saturated rings. The lowest BCUT2D eigenvalue weighted by Crippen LogP contribution is -2.02. The zero-order chi connectivity index (χ0) is 13.8. The van der Waals surface area contributed by atoms with Crippen LogP contribution in [-0.4, -0.2) is 26.0 Å². The van der Waals surface area contributed by atoms with Gasteiger partial charge in [0.05, 0.1) is 10.5 Å². The average molecular weight is 277 g/mol. The second-order valence-corrected chi connectivity index (χ2v) is 4.33. The highest BCUT2D eigenvalue weighted by Crippen LogP contribution is 2.35. The second-order valence-electron chi connectivity index (χ2n) is 3.35. The minimum Gasteiger partial charge on any atom is -0.478 e. The quantitative estimate of drug-likeness (QED) is 0.518. The first-order chi connectivity index (χ1) is 9.09. The number of carboxylic acid groups (broad SMARTS) is 1. The lowest BCUT2D eigenvalue weighted by Gasteiger charge is -2.05. The van der Waals surface area contributed by atoms with E-state index in [4.69, 9.17) is 5.11 Å². The van der Waals surface area contributed by atoms with Gasteiger partial charge in [-0.15, -0.1) is 0 Å². The monoisotopic (exact) mass is 277 g/mol. The van der Waals surface area contributed by atoms with E-state index in [2.05, 4.69) is 9.97 Å². The number of carbonyl (C=O) groups is 1. The van der Waals surface area contributed by atoms with Crippen LogP contribution in [0.4, 0.5) is 5.69 Å². The van der Waals surface area contributed by atoms with E-state index >= 15 is 0 Å². The molecule has 1 heterocycles. The van der Waals surface area contributed by atoms with Crippen LogP contribution in [0.5, 0.6) is 0 Å². The van der Waals surface area contributed by atoms with Crippen molar-refractivity contribution in [1.29, 1.82) is 0 Å². The SMILES string of the molecule is O=C(O)c1cccc([N+](=O)[O-])c1Sc1ncccn1. The van der Waals surface area contributed by atoms with Crippen LogP contribution in [0.2, 0.25) is 0 Å². The highest BCUT2D eigenvalue weighted by molar-refractivity contribution is 7.99. The van der Waals surface area contributed by atoms with E-state index in [0.29, 0.717) is 0 Å². The van der Waals surface area contributed by atoms with E-state index in [-0.39, 0.29) is 21.3 Å². The molecule has 2 aromatic rings. The minimum atomic E-state index is -1.23.